The Morgan fingerprint density at radius 2 is 1.68 bits per heavy atom. The SMILES string of the molecule is COc1ccc(C2(C(=O)N3CCC4(CCCO4)CC3)CCCC2)cc1. The summed E-state index contributed by atoms with van der Waals surface area (Å²) in [6.45, 7) is 2.58. The van der Waals surface area contributed by atoms with Gasteiger partial charge < -0.3 is 14.4 Å². The second-order valence-corrected chi connectivity index (χ2v) is 7.94. The minimum Gasteiger partial charge on any atom is -0.497 e. The number of carbonyl (C=O) groups excluding carboxylic acids is 1. The summed E-state index contributed by atoms with van der Waals surface area (Å²) >= 11 is 0. The summed E-state index contributed by atoms with van der Waals surface area (Å²) in [6.07, 6.45) is 8.54. The molecule has 2 heterocycles. The molecule has 1 saturated carbocycles. The molecule has 3 fully saturated rings. The van der Waals surface area contributed by atoms with E-state index in [9.17, 15) is 4.79 Å². The van der Waals surface area contributed by atoms with Crippen LogP contribution in [-0.2, 0) is 14.9 Å². The van der Waals surface area contributed by atoms with Gasteiger partial charge in [-0.2, -0.15) is 0 Å². The number of benzene rings is 1. The molecule has 1 aliphatic carbocycles. The molecular formula is C21H29NO3. The lowest BCUT2D eigenvalue weighted by molar-refractivity contribution is -0.142. The molecule has 4 nitrogen and oxygen atoms in total. The van der Waals surface area contributed by atoms with Gasteiger partial charge in [-0.25, -0.2) is 0 Å². The van der Waals surface area contributed by atoms with Gasteiger partial charge in [0.05, 0.1) is 18.1 Å². The fourth-order valence-corrected chi connectivity index (χ4v) is 5.08. The average Bonchev–Trinajstić information content (AvgIpc) is 3.33. The fraction of sp³-hybridized carbons (Fsp3) is 0.667. The van der Waals surface area contributed by atoms with Crippen molar-refractivity contribution >= 4 is 5.91 Å². The molecule has 2 saturated heterocycles. The highest BCUT2D eigenvalue weighted by atomic mass is 16.5. The molecule has 25 heavy (non-hydrogen) atoms. The van der Waals surface area contributed by atoms with Crippen molar-refractivity contribution in [3.8, 4) is 5.75 Å². The minimum atomic E-state index is -0.326. The van der Waals surface area contributed by atoms with E-state index in [-0.39, 0.29) is 11.0 Å². The van der Waals surface area contributed by atoms with Crippen LogP contribution in [0.1, 0.15) is 56.9 Å². The van der Waals surface area contributed by atoms with Crippen LogP contribution in [0.2, 0.25) is 0 Å². The molecule has 1 spiro atoms. The van der Waals surface area contributed by atoms with Gasteiger partial charge >= 0.3 is 0 Å². The van der Waals surface area contributed by atoms with Gasteiger partial charge in [-0.3, -0.25) is 4.79 Å². The van der Waals surface area contributed by atoms with Gasteiger partial charge in [-0.05, 0) is 56.2 Å². The molecule has 4 rings (SSSR count). The first-order valence-corrected chi connectivity index (χ1v) is 9.75. The average molecular weight is 343 g/mol. The highest BCUT2D eigenvalue weighted by molar-refractivity contribution is 5.88. The summed E-state index contributed by atoms with van der Waals surface area (Å²) in [5.74, 6) is 1.19. The number of likely N-dealkylation sites (tertiary alicyclic amines) is 1. The molecular weight excluding hydrogens is 314 g/mol. The standard InChI is InChI=1S/C21H29NO3/c1-24-18-7-5-17(6-8-18)21(10-2-3-11-21)19(23)22-14-12-20(13-15-22)9-4-16-25-20/h5-8H,2-4,9-16H2,1H3. The lowest BCUT2D eigenvalue weighted by atomic mass is 9.76. The van der Waals surface area contributed by atoms with Crippen LogP contribution in [-0.4, -0.2) is 43.2 Å². The zero-order valence-electron chi connectivity index (χ0n) is 15.3. The van der Waals surface area contributed by atoms with Crippen molar-refractivity contribution in [3.05, 3.63) is 29.8 Å². The number of rotatable bonds is 3. The highest BCUT2D eigenvalue weighted by Crippen LogP contribution is 2.44. The largest absolute Gasteiger partial charge is 0.497 e. The van der Waals surface area contributed by atoms with Crippen LogP contribution >= 0.6 is 0 Å². The summed E-state index contributed by atoms with van der Waals surface area (Å²) < 4.78 is 11.3. The van der Waals surface area contributed by atoms with Crippen LogP contribution in [0.5, 0.6) is 5.75 Å². The van der Waals surface area contributed by atoms with E-state index in [2.05, 4.69) is 17.0 Å². The van der Waals surface area contributed by atoms with E-state index >= 15 is 0 Å². The van der Waals surface area contributed by atoms with Crippen LogP contribution in [0.25, 0.3) is 0 Å². The number of piperidine rings is 1. The molecule has 0 bridgehead atoms. The zero-order chi connectivity index (χ0) is 17.3. The molecule has 4 heteroatoms. The second kappa shape index (κ2) is 6.64. The first-order valence-electron chi connectivity index (χ1n) is 9.75. The van der Waals surface area contributed by atoms with E-state index in [1.165, 1.54) is 12.8 Å². The van der Waals surface area contributed by atoms with Gasteiger partial charge in [-0.15, -0.1) is 0 Å². The Balaban J connectivity index is 1.53. The van der Waals surface area contributed by atoms with E-state index in [1.54, 1.807) is 7.11 Å². The number of hydrogen-bond acceptors (Lipinski definition) is 3. The van der Waals surface area contributed by atoms with Crippen LogP contribution in [0.4, 0.5) is 0 Å². The number of methoxy groups -OCH3 is 1. The summed E-state index contributed by atoms with van der Waals surface area (Å²) in [4.78, 5) is 15.6. The molecule has 2 aliphatic heterocycles. The van der Waals surface area contributed by atoms with Crippen molar-refractivity contribution in [2.75, 3.05) is 26.8 Å². The summed E-state index contributed by atoms with van der Waals surface area (Å²) in [7, 11) is 1.68. The quantitative estimate of drug-likeness (QED) is 0.840. The number of nitrogens with zero attached hydrogens (tertiary/aromatic N) is 1. The van der Waals surface area contributed by atoms with Crippen molar-refractivity contribution in [2.45, 2.75) is 62.4 Å². The van der Waals surface area contributed by atoms with Gasteiger partial charge in [0.2, 0.25) is 5.91 Å². The summed E-state index contributed by atoms with van der Waals surface area (Å²) in [5, 5.41) is 0. The molecule has 0 radical (unpaired) electrons. The monoisotopic (exact) mass is 343 g/mol. The molecule has 136 valence electrons. The third-order valence-electron chi connectivity index (χ3n) is 6.66. The predicted molar refractivity (Wildman–Crippen MR) is 96.9 cm³/mol. The fourth-order valence-electron chi connectivity index (χ4n) is 5.08. The van der Waals surface area contributed by atoms with Gasteiger partial charge in [0.25, 0.3) is 0 Å². The van der Waals surface area contributed by atoms with Crippen molar-refractivity contribution in [1.29, 1.82) is 0 Å². The Labute approximate surface area is 150 Å². The number of amides is 1. The molecule has 0 aromatic heterocycles. The van der Waals surface area contributed by atoms with E-state index in [1.807, 2.05) is 12.1 Å². The Kier molecular flexibility index (Phi) is 4.48. The smallest absolute Gasteiger partial charge is 0.233 e. The third kappa shape index (κ3) is 2.95. The summed E-state index contributed by atoms with van der Waals surface area (Å²) in [6, 6.07) is 8.15. The van der Waals surface area contributed by atoms with E-state index in [0.717, 1.165) is 69.5 Å². The molecule has 1 aromatic rings. The van der Waals surface area contributed by atoms with E-state index < -0.39 is 0 Å². The van der Waals surface area contributed by atoms with Gasteiger partial charge in [0, 0.05) is 19.7 Å². The van der Waals surface area contributed by atoms with Crippen LogP contribution in [0.3, 0.4) is 0 Å². The maximum absolute atomic E-state index is 13.5. The molecule has 0 N–H and O–H groups in total. The van der Waals surface area contributed by atoms with E-state index in [4.69, 9.17) is 9.47 Å². The highest BCUT2D eigenvalue weighted by Gasteiger charge is 2.47. The Morgan fingerprint density at radius 1 is 1.00 bits per heavy atom. The molecule has 0 atom stereocenters. The maximum atomic E-state index is 13.5. The first kappa shape index (κ1) is 16.9. The summed E-state index contributed by atoms with van der Waals surface area (Å²) in [5.41, 5.74) is 0.903. The van der Waals surface area contributed by atoms with Crippen LogP contribution in [0.15, 0.2) is 24.3 Å². The lowest BCUT2D eigenvalue weighted by Gasteiger charge is -2.42. The predicted octanol–water partition coefficient (Wildman–Crippen LogP) is 3.68. The molecule has 0 unspecified atom stereocenters. The maximum Gasteiger partial charge on any atom is 0.233 e. The van der Waals surface area contributed by atoms with Crippen LogP contribution in [0, 0.1) is 0 Å². The van der Waals surface area contributed by atoms with Gasteiger partial charge in [-0.1, -0.05) is 25.0 Å². The third-order valence-corrected chi connectivity index (χ3v) is 6.66. The van der Waals surface area contributed by atoms with Crippen LogP contribution < -0.4 is 4.74 Å². The van der Waals surface area contributed by atoms with Gasteiger partial charge in [0.15, 0.2) is 0 Å². The minimum absolute atomic E-state index is 0.0692. The van der Waals surface area contributed by atoms with Crippen molar-refractivity contribution < 1.29 is 14.3 Å². The number of carbonyl (C=O) groups is 1. The Bertz CT molecular complexity index is 603. The Hall–Kier alpha value is -1.55. The Morgan fingerprint density at radius 3 is 2.24 bits per heavy atom. The first-order chi connectivity index (χ1) is 12.2. The molecule has 1 amide bonds. The normalized spacial score (nSPS) is 24.6. The lowest BCUT2D eigenvalue weighted by Crippen LogP contribution is -2.52. The number of ether oxygens (including phenoxy) is 2. The number of hydrogen-bond donors (Lipinski definition) is 0. The van der Waals surface area contributed by atoms with Crippen molar-refractivity contribution in [1.82, 2.24) is 4.90 Å². The molecule has 3 aliphatic rings. The van der Waals surface area contributed by atoms with Gasteiger partial charge in [0.1, 0.15) is 5.75 Å². The molecule has 1 aromatic carbocycles. The van der Waals surface area contributed by atoms with Crippen molar-refractivity contribution in [3.63, 3.8) is 0 Å². The van der Waals surface area contributed by atoms with Crippen molar-refractivity contribution in [2.24, 2.45) is 0 Å². The topological polar surface area (TPSA) is 38.8 Å². The van der Waals surface area contributed by atoms with E-state index in [0.29, 0.717) is 5.91 Å². The second-order valence-electron chi connectivity index (χ2n) is 7.94. The zero-order valence-corrected chi connectivity index (χ0v) is 15.3.